The number of anilines is 1. The molecule has 1 saturated heterocycles. The summed E-state index contributed by atoms with van der Waals surface area (Å²) in [4.78, 5) is 9.54. The lowest BCUT2D eigenvalue weighted by Crippen LogP contribution is -2.47. The van der Waals surface area contributed by atoms with Gasteiger partial charge in [-0.15, -0.1) is 0 Å². The predicted molar refractivity (Wildman–Crippen MR) is 114 cm³/mol. The van der Waals surface area contributed by atoms with Crippen LogP contribution in [0.1, 0.15) is 23.4 Å². The molecule has 1 aromatic carbocycles. The van der Waals surface area contributed by atoms with Crippen LogP contribution >= 0.6 is 0 Å². The van der Waals surface area contributed by atoms with E-state index in [1.165, 1.54) is 29.9 Å². The Morgan fingerprint density at radius 1 is 0.893 bits per heavy atom. The number of rotatable bonds is 6. The molecule has 0 aliphatic carbocycles. The molecule has 0 spiro atoms. The molecular formula is C23H29N5. The Labute approximate surface area is 167 Å². The van der Waals surface area contributed by atoms with Crippen molar-refractivity contribution >= 4 is 5.69 Å². The summed E-state index contributed by atoms with van der Waals surface area (Å²) in [5, 5.41) is 4.76. The van der Waals surface area contributed by atoms with Gasteiger partial charge in [0.25, 0.3) is 0 Å². The molecule has 0 unspecified atom stereocenters. The van der Waals surface area contributed by atoms with Gasteiger partial charge in [-0.3, -0.25) is 4.90 Å². The van der Waals surface area contributed by atoms with Crippen LogP contribution in [0.5, 0.6) is 0 Å². The van der Waals surface area contributed by atoms with Crippen LogP contribution in [0.25, 0.3) is 5.82 Å². The van der Waals surface area contributed by atoms with Crippen molar-refractivity contribution in [3.63, 3.8) is 0 Å². The fraction of sp³-hybridized carbons (Fsp3) is 0.391. The van der Waals surface area contributed by atoms with Crippen molar-refractivity contribution in [1.82, 2.24) is 19.7 Å². The summed E-state index contributed by atoms with van der Waals surface area (Å²) in [7, 11) is 0. The SMILES string of the molecule is Cc1nn(-c2ccccn2)c(C)c1N1CCN(CCCc2ccccc2)CC1. The number of hydrogen-bond acceptors (Lipinski definition) is 4. The van der Waals surface area contributed by atoms with E-state index in [9.17, 15) is 0 Å². The number of nitrogens with zero attached hydrogens (tertiary/aromatic N) is 5. The molecule has 28 heavy (non-hydrogen) atoms. The molecule has 0 bridgehead atoms. The van der Waals surface area contributed by atoms with Gasteiger partial charge < -0.3 is 4.90 Å². The average Bonchev–Trinajstić information content (AvgIpc) is 3.04. The first-order chi connectivity index (χ1) is 13.7. The van der Waals surface area contributed by atoms with Crippen molar-refractivity contribution in [2.24, 2.45) is 0 Å². The maximum atomic E-state index is 4.76. The third kappa shape index (κ3) is 4.09. The Morgan fingerprint density at radius 2 is 1.64 bits per heavy atom. The maximum Gasteiger partial charge on any atom is 0.153 e. The summed E-state index contributed by atoms with van der Waals surface area (Å²) in [6, 6.07) is 16.7. The van der Waals surface area contributed by atoms with Crippen molar-refractivity contribution in [3.8, 4) is 5.82 Å². The zero-order chi connectivity index (χ0) is 19.3. The fourth-order valence-corrected chi connectivity index (χ4v) is 4.14. The quantitative estimate of drug-likeness (QED) is 0.659. The Kier molecular flexibility index (Phi) is 5.72. The molecule has 0 saturated carbocycles. The van der Waals surface area contributed by atoms with E-state index in [-0.39, 0.29) is 0 Å². The molecule has 1 fully saturated rings. The molecule has 0 N–H and O–H groups in total. The molecule has 0 atom stereocenters. The summed E-state index contributed by atoms with van der Waals surface area (Å²) in [6.07, 6.45) is 4.20. The van der Waals surface area contributed by atoms with Gasteiger partial charge in [0.2, 0.25) is 0 Å². The summed E-state index contributed by atoms with van der Waals surface area (Å²) < 4.78 is 1.97. The Bertz CT molecular complexity index is 880. The van der Waals surface area contributed by atoms with Crippen molar-refractivity contribution < 1.29 is 0 Å². The van der Waals surface area contributed by atoms with Crippen LogP contribution in [-0.4, -0.2) is 52.4 Å². The van der Waals surface area contributed by atoms with Gasteiger partial charge in [0.15, 0.2) is 5.82 Å². The second kappa shape index (κ2) is 8.57. The lowest BCUT2D eigenvalue weighted by molar-refractivity contribution is 0.255. The van der Waals surface area contributed by atoms with E-state index in [2.05, 4.69) is 59.0 Å². The number of aryl methyl sites for hydroxylation is 2. The topological polar surface area (TPSA) is 37.2 Å². The lowest BCUT2D eigenvalue weighted by atomic mass is 10.1. The van der Waals surface area contributed by atoms with Crippen LogP contribution < -0.4 is 4.90 Å². The third-order valence-corrected chi connectivity index (χ3v) is 5.59. The van der Waals surface area contributed by atoms with Crippen molar-refractivity contribution in [2.45, 2.75) is 26.7 Å². The number of benzene rings is 1. The summed E-state index contributed by atoms with van der Waals surface area (Å²) >= 11 is 0. The van der Waals surface area contributed by atoms with E-state index in [1.807, 2.05) is 29.1 Å². The molecule has 146 valence electrons. The van der Waals surface area contributed by atoms with E-state index in [1.54, 1.807) is 0 Å². The van der Waals surface area contributed by atoms with Crippen LogP contribution in [0.2, 0.25) is 0 Å². The number of pyridine rings is 1. The van der Waals surface area contributed by atoms with E-state index in [4.69, 9.17) is 5.10 Å². The summed E-state index contributed by atoms with van der Waals surface area (Å²) in [5.74, 6) is 0.883. The Hall–Kier alpha value is -2.66. The molecule has 1 aliphatic rings. The van der Waals surface area contributed by atoms with E-state index >= 15 is 0 Å². The van der Waals surface area contributed by atoms with Gasteiger partial charge in [-0.25, -0.2) is 9.67 Å². The Balaban J connectivity index is 1.34. The first-order valence-electron chi connectivity index (χ1n) is 10.2. The van der Waals surface area contributed by atoms with Crippen LogP contribution in [-0.2, 0) is 6.42 Å². The van der Waals surface area contributed by atoms with Crippen LogP contribution in [0.3, 0.4) is 0 Å². The highest BCUT2D eigenvalue weighted by Gasteiger charge is 2.23. The normalized spacial score (nSPS) is 15.1. The second-order valence-corrected chi connectivity index (χ2v) is 7.54. The second-order valence-electron chi connectivity index (χ2n) is 7.54. The van der Waals surface area contributed by atoms with Crippen LogP contribution in [0.15, 0.2) is 54.7 Å². The highest BCUT2D eigenvalue weighted by molar-refractivity contribution is 5.56. The van der Waals surface area contributed by atoms with Gasteiger partial charge in [-0.05, 0) is 50.9 Å². The predicted octanol–water partition coefficient (Wildman–Crippen LogP) is 3.64. The number of aromatic nitrogens is 3. The van der Waals surface area contributed by atoms with Crippen molar-refractivity contribution in [2.75, 3.05) is 37.6 Å². The smallest absolute Gasteiger partial charge is 0.153 e. The third-order valence-electron chi connectivity index (χ3n) is 5.59. The zero-order valence-corrected chi connectivity index (χ0v) is 16.9. The fourth-order valence-electron chi connectivity index (χ4n) is 4.14. The van der Waals surface area contributed by atoms with Gasteiger partial charge in [0.05, 0.1) is 17.1 Å². The molecule has 5 nitrogen and oxygen atoms in total. The van der Waals surface area contributed by atoms with Crippen LogP contribution in [0, 0.1) is 13.8 Å². The molecule has 5 heteroatoms. The average molecular weight is 376 g/mol. The molecule has 4 rings (SSSR count). The highest BCUT2D eigenvalue weighted by Crippen LogP contribution is 2.27. The van der Waals surface area contributed by atoms with Gasteiger partial charge in [0, 0.05) is 32.4 Å². The Morgan fingerprint density at radius 3 is 2.36 bits per heavy atom. The summed E-state index contributed by atoms with van der Waals surface area (Å²) in [6.45, 7) is 9.77. The van der Waals surface area contributed by atoms with Crippen molar-refractivity contribution in [3.05, 3.63) is 71.7 Å². The van der Waals surface area contributed by atoms with E-state index in [0.29, 0.717) is 0 Å². The van der Waals surface area contributed by atoms with Crippen LogP contribution in [0.4, 0.5) is 5.69 Å². The molecule has 3 aromatic rings. The molecule has 3 heterocycles. The lowest BCUT2D eigenvalue weighted by Gasteiger charge is -2.36. The summed E-state index contributed by atoms with van der Waals surface area (Å²) in [5.41, 5.74) is 4.97. The molecule has 2 aromatic heterocycles. The van der Waals surface area contributed by atoms with E-state index in [0.717, 1.165) is 44.1 Å². The minimum absolute atomic E-state index is 0.883. The number of piperazine rings is 1. The highest BCUT2D eigenvalue weighted by atomic mass is 15.4. The van der Waals surface area contributed by atoms with E-state index < -0.39 is 0 Å². The number of hydrogen-bond donors (Lipinski definition) is 0. The standard InChI is InChI=1S/C23H29N5/c1-19-23(20(2)28(25-19)22-12-6-7-13-24-22)27-17-15-26(16-18-27)14-8-11-21-9-4-3-5-10-21/h3-7,9-10,12-13H,8,11,14-18H2,1-2H3. The minimum atomic E-state index is 0.883. The monoisotopic (exact) mass is 375 g/mol. The van der Waals surface area contributed by atoms with Gasteiger partial charge in [0.1, 0.15) is 0 Å². The molecule has 1 aliphatic heterocycles. The zero-order valence-electron chi connectivity index (χ0n) is 16.9. The minimum Gasteiger partial charge on any atom is -0.366 e. The molecular weight excluding hydrogens is 346 g/mol. The van der Waals surface area contributed by atoms with Gasteiger partial charge >= 0.3 is 0 Å². The van der Waals surface area contributed by atoms with Gasteiger partial charge in [-0.1, -0.05) is 36.4 Å². The first-order valence-corrected chi connectivity index (χ1v) is 10.2. The largest absolute Gasteiger partial charge is 0.366 e. The van der Waals surface area contributed by atoms with Crippen molar-refractivity contribution in [1.29, 1.82) is 0 Å². The molecule has 0 radical (unpaired) electrons. The van der Waals surface area contributed by atoms with Gasteiger partial charge in [-0.2, -0.15) is 5.10 Å². The molecule has 0 amide bonds. The first kappa shape index (κ1) is 18.7. The maximum absolute atomic E-state index is 4.76.